The molecule has 0 unspecified atom stereocenters. The fraction of sp³-hybridized carbons (Fsp3) is 1.00. The van der Waals surface area contributed by atoms with Gasteiger partial charge in [-0.25, -0.2) is 8.78 Å². The Kier molecular flexibility index (Phi) is 7.99. The van der Waals surface area contributed by atoms with Crippen LogP contribution in [0.25, 0.3) is 0 Å². The lowest BCUT2D eigenvalue weighted by Gasteiger charge is -2.15. The first kappa shape index (κ1) is 13.8. The number of unbranched alkanes of at least 4 members (excludes halogenated alkanes) is 1. The minimum Gasteiger partial charge on any atom is -0.315 e. The lowest BCUT2D eigenvalue weighted by molar-refractivity contribution is 0.0996. The van der Waals surface area contributed by atoms with Crippen LogP contribution in [-0.4, -0.2) is 44.0 Å². The summed E-state index contributed by atoms with van der Waals surface area (Å²) in [5.41, 5.74) is 0. The van der Waals surface area contributed by atoms with Gasteiger partial charge in [0.2, 0.25) is 0 Å². The smallest absolute Gasteiger partial charge is 0.251 e. The van der Waals surface area contributed by atoms with Crippen LogP contribution in [0.4, 0.5) is 8.78 Å². The molecule has 0 amide bonds. The van der Waals surface area contributed by atoms with Gasteiger partial charge in [-0.15, -0.1) is 0 Å². The maximum atomic E-state index is 11.9. The fourth-order valence-corrected chi connectivity index (χ4v) is 1.22. The highest BCUT2D eigenvalue weighted by molar-refractivity contribution is 4.56. The molecule has 0 saturated heterocycles. The van der Waals surface area contributed by atoms with Crippen molar-refractivity contribution in [2.24, 2.45) is 0 Å². The minimum absolute atomic E-state index is 0.113. The van der Waals surface area contributed by atoms with Crippen LogP contribution in [0.3, 0.4) is 0 Å². The van der Waals surface area contributed by atoms with Crippen LogP contribution in [0.1, 0.15) is 26.7 Å². The van der Waals surface area contributed by atoms with Crippen molar-refractivity contribution >= 4 is 0 Å². The Bertz CT molecular complexity index is 129. The van der Waals surface area contributed by atoms with Crippen molar-refractivity contribution in [2.75, 3.05) is 26.7 Å². The molecule has 0 bridgehead atoms. The van der Waals surface area contributed by atoms with Crippen molar-refractivity contribution in [1.29, 1.82) is 0 Å². The molecule has 0 aliphatic rings. The van der Waals surface area contributed by atoms with E-state index in [4.69, 9.17) is 0 Å². The van der Waals surface area contributed by atoms with E-state index in [-0.39, 0.29) is 6.54 Å². The second kappa shape index (κ2) is 8.12. The lowest BCUT2D eigenvalue weighted by Crippen LogP contribution is -2.27. The van der Waals surface area contributed by atoms with Gasteiger partial charge in [0.15, 0.2) is 0 Å². The van der Waals surface area contributed by atoms with Crippen LogP contribution < -0.4 is 5.32 Å². The van der Waals surface area contributed by atoms with Crippen LogP contribution in [0.2, 0.25) is 0 Å². The first-order valence-corrected chi connectivity index (χ1v) is 5.22. The number of hydrogen-bond donors (Lipinski definition) is 1. The number of nitrogens with one attached hydrogen (secondary N) is 1. The van der Waals surface area contributed by atoms with Crippen molar-refractivity contribution < 1.29 is 8.78 Å². The van der Waals surface area contributed by atoms with Crippen LogP contribution >= 0.6 is 0 Å². The summed E-state index contributed by atoms with van der Waals surface area (Å²) in [7, 11) is 1.74. The summed E-state index contributed by atoms with van der Waals surface area (Å²) in [4.78, 5) is 1.68. The Labute approximate surface area is 85.7 Å². The number of alkyl halides is 2. The van der Waals surface area contributed by atoms with Gasteiger partial charge in [0.05, 0.1) is 6.54 Å². The number of rotatable bonds is 8. The van der Waals surface area contributed by atoms with E-state index in [1.807, 2.05) is 0 Å². The average Bonchev–Trinajstić information content (AvgIpc) is 2.01. The van der Waals surface area contributed by atoms with Crippen molar-refractivity contribution in [3.8, 4) is 0 Å². The van der Waals surface area contributed by atoms with E-state index in [0.717, 1.165) is 25.9 Å². The van der Waals surface area contributed by atoms with E-state index in [0.29, 0.717) is 6.04 Å². The van der Waals surface area contributed by atoms with Gasteiger partial charge in [-0.3, -0.25) is 0 Å². The molecule has 0 saturated carbocycles. The molecule has 0 atom stereocenters. The summed E-state index contributed by atoms with van der Waals surface area (Å²) in [6.45, 7) is 5.81. The molecule has 0 rings (SSSR count). The standard InChI is InChI=1S/C10H22F2N2/c1-9(2)13-6-4-5-7-14(3)8-10(11)12/h9-10,13H,4-8H2,1-3H3. The highest BCUT2D eigenvalue weighted by Gasteiger charge is 2.06. The van der Waals surface area contributed by atoms with Gasteiger partial charge in [-0.1, -0.05) is 13.8 Å². The highest BCUT2D eigenvalue weighted by Crippen LogP contribution is 1.98. The highest BCUT2D eigenvalue weighted by atomic mass is 19.3. The molecule has 86 valence electrons. The zero-order valence-corrected chi connectivity index (χ0v) is 9.39. The maximum Gasteiger partial charge on any atom is 0.251 e. The molecule has 2 nitrogen and oxygen atoms in total. The number of halogens is 2. The molecule has 0 aliphatic heterocycles. The van der Waals surface area contributed by atoms with Gasteiger partial charge >= 0.3 is 0 Å². The van der Waals surface area contributed by atoms with Crippen molar-refractivity contribution in [1.82, 2.24) is 10.2 Å². The molecule has 0 aromatic heterocycles. The maximum absolute atomic E-state index is 11.9. The quantitative estimate of drug-likeness (QED) is 0.613. The Morgan fingerprint density at radius 3 is 2.36 bits per heavy atom. The summed E-state index contributed by atoms with van der Waals surface area (Å²) < 4.78 is 23.8. The zero-order chi connectivity index (χ0) is 11.0. The summed E-state index contributed by atoms with van der Waals surface area (Å²) in [5.74, 6) is 0. The van der Waals surface area contributed by atoms with Gasteiger partial charge in [-0.05, 0) is 33.0 Å². The van der Waals surface area contributed by atoms with Crippen molar-refractivity contribution in [2.45, 2.75) is 39.2 Å². The van der Waals surface area contributed by atoms with Crippen molar-refractivity contribution in [3.63, 3.8) is 0 Å². The van der Waals surface area contributed by atoms with E-state index in [9.17, 15) is 8.78 Å². The first-order valence-electron chi connectivity index (χ1n) is 5.22. The Balaban J connectivity index is 3.19. The molecule has 4 heteroatoms. The summed E-state index contributed by atoms with van der Waals surface area (Å²) >= 11 is 0. The van der Waals surface area contributed by atoms with Gasteiger partial charge in [0, 0.05) is 6.04 Å². The molecule has 0 aromatic carbocycles. The third kappa shape index (κ3) is 9.86. The Hall–Kier alpha value is -0.220. The molecule has 0 radical (unpaired) electrons. The average molecular weight is 208 g/mol. The first-order chi connectivity index (χ1) is 6.52. The molecule has 0 fully saturated rings. The molecule has 0 aliphatic carbocycles. The summed E-state index contributed by atoms with van der Waals surface area (Å²) in [6.07, 6.45) is -0.192. The zero-order valence-electron chi connectivity index (χ0n) is 9.39. The molecule has 0 heterocycles. The fourth-order valence-electron chi connectivity index (χ4n) is 1.22. The van der Waals surface area contributed by atoms with Gasteiger partial charge < -0.3 is 10.2 Å². The van der Waals surface area contributed by atoms with E-state index in [1.165, 1.54) is 0 Å². The van der Waals surface area contributed by atoms with E-state index in [1.54, 1.807) is 11.9 Å². The number of hydrogen-bond acceptors (Lipinski definition) is 2. The van der Waals surface area contributed by atoms with Crippen LogP contribution in [-0.2, 0) is 0 Å². The Morgan fingerprint density at radius 2 is 1.86 bits per heavy atom. The summed E-state index contributed by atoms with van der Waals surface area (Å²) in [5, 5.41) is 3.29. The molecular formula is C10H22F2N2. The largest absolute Gasteiger partial charge is 0.315 e. The minimum atomic E-state index is -2.21. The topological polar surface area (TPSA) is 15.3 Å². The third-order valence-electron chi connectivity index (χ3n) is 1.97. The Morgan fingerprint density at radius 1 is 1.21 bits per heavy atom. The SMILES string of the molecule is CC(C)NCCCCN(C)CC(F)F. The van der Waals surface area contributed by atoms with Crippen LogP contribution in [0.15, 0.2) is 0 Å². The van der Waals surface area contributed by atoms with E-state index < -0.39 is 6.43 Å². The molecular weight excluding hydrogens is 186 g/mol. The molecule has 0 aromatic rings. The predicted molar refractivity (Wildman–Crippen MR) is 55.9 cm³/mol. The monoisotopic (exact) mass is 208 g/mol. The summed E-state index contributed by atoms with van der Waals surface area (Å²) in [6, 6.07) is 0.508. The normalized spacial score (nSPS) is 12.0. The third-order valence-corrected chi connectivity index (χ3v) is 1.97. The molecule has 14 heavy (non-hydrogen) atoms. The second-order valence-electron chi connectivity index (χ2n) is 3.97. The van der Waals surface area contributed by atoms with Gasteiger partial charge in [0.1, 0.15) is 0 Å². The van der Waals surface area contributed by atoms with Gasteiger partial charge in [-0.2, -0.15) is 0 Å². The van der Waals surface area contributed by atoms with Gasteiger partial charge in [0.25, 0.3) is 6.43 Å². The molecule has 1 N–H and O–H groups in total. The lowest BCUT2D eigenvalue weighted by atomic mass is 10.2. The predicted octanol–water partition coefficient (Wildman–Crippen LogP) is 1.96. The van der Waals surface area contributed by atoms with E-state index >= 15 is 0 Å². The molecule has 0 spiro atoms. The van der Waals surface area contributed by atoms with E-state index in [2.05, 4.69) is 19.2 Å². The van der Waals surface area contributed by atoms with Crippen molar-refractivity contribution in [3.05, 3.63) is 0 Å². The number of nitrogens with zero attached hydrogens (tertiary/aromatic N) is 1. The van der Waals surface area contributed by atoms with Crippen LogP contribution in [0, 0.1) is 0 Å². The van der Waals surface area contributed by atoms with Crippen LogP contribution in [0.5, 0.6) is 0 Å². The second-order valence-corrected chi connectivity index (χ2v) is 3.97.